The summed E-state index contributed by atoms with van der Waals surface area (Å²) in [6.07, 6.45) is 18.2. The molecule has 0 unspecified atom stereocenters. The molecule has 3 aromatic carbocycles. The van der Waals surface area contributed by atoms with E-state index >= 15 is 0 Å². The van der Waals surface area contributed by atoms with Gasteiger partial charge in [0.15, 0.2) is 0 Å². The van der Waals surface area contributed by atoms with Crippen LogP contribution in [-0.2, 0) is 4.74 Å². The van der Waals surface area contributed by atoms with Crippen LogP contribution in [0, 0.1) is 5.92 Å². The summed E-state index contributed by atoms with van der Waals surface area (Å²) >= 11 is 0. The zero-order valence-electron chi connectivity index (χ0n) is 27.4. The molecule has 0 N–H and O–H groups in total. The molecular weight excluding hydrogens is 560 g/mol. The van der Waals surface area contributed by atoms with Crippen LogP contribution in [0.5, 0.6) is 11.5 Å². The third kappa shape index (κ3) is 11.7. The molecule has 5 heteroatoms. The highest BCUT2D eigenvalue weighted by atomic mass is 16.5. The Labute approximate surface area is 270 Å². The highest BCUT2D eigenvalue weighted by Crippen LogP contribution is 2.31. The van der Waals surface area contributed by atoms with Crippen LogP contribution >= 0.6 is 0 Å². The van der Waals surface area contributed by atoms with Crippen LogP contribution in [0.15, 0.2) is 72.8 Å². The zero-order chi connectivity index (χ0) is 31.7. The van der Waals surface area contributed by atoms with Crippen molar-refractivity contribution in [2.45, 2.75) is 116 Å². The first-order valence-electron chi connectivity index (χ1n) is 17.4. The second-order valence-electron chi connectivity index (χ2n) is 12.5. The van der Waals surface area contributed by atoms with E-state index in [9.17, 15) is 9.59 Å². The monoisotopic (exact) mass is 612 g/mol. The average Bonchev–Trinajstić information content (AvgIpc) is 3.07. The van der Waals surface area contributed by atoms with Gasteiger partial charge in [-0.3, -0.25) is 0 Å². The van der Waals surface area contributed by atoms with Gasteiger partial charge in [-0.1, -0.05) is 109 Å². The van der Waals surface area contributed by atoms with E-state index in [0.29, 0.717) is 22.8 Å². The van der Waals surface area contributed by atoms with Gasteiger partial charge >= 0.3 is 11.9 Å². The Morgan fingerprint density at radius 3 is 1.80 bits per heavy atom. The predicted octanol–water partition coefficient (Wildman–Crippen LogP) is 11.0. The van der Waals surface area contributed by atoms with Crippen molar-refractivity contribution in [2.75, 3.05) is 6.61 Å². The maximum atomic E-state index is 12.8. The highest BCUT2D eigenvalue weighted by Gasteiger charge is 2.25. The minimum atomic E-state index is -0.466. The number of unbranched alkanes of at least 4 members (excludes halogenated alkanes) is 8. The number of rotatable bonds is 18. The molecule has 1 saturated carbocycles. The van der Waals surface area contributed by atoms with Crippen LogP contribution in [0.4, 0.5) is 0 Å². The molecule has 1 aliphatic rings. The van der Waals surface area contributed by atoms with Gasteiger partial charge in [0.2, 0.25) is 0 Å². The van der Waals surface area contributed by atoms with Crippen molar-refractivity contribution in [3.63, 3.8) is 0 Å². The molecule has 0 aromatic heterocycles. The van der Waals surface area contributed by atoms with Gasteiger partial charge in [0.1, 0.15) is 17.6 Å². The van der Waals surface area contributed by atoms with E-state index in [4.69, 9.17) is 14.2 Å². The number of ether oxygens (including phenoxy) is 3. The van der Waals surface area contributed by atoms with Gasteiger partial charge in [0, 0.05) is 0 Å². The molecule has 5 nitrogen and oxygen atoms in total. The van der Waals surface area contributed by atoms with Crippen LogP contribution in [-0.4, -0.2) is 24.6 Å². The first-order valence-corrected chi connectivity index (χ1v) is 17.4. The van der Waals surface area contributed by atoms with E-state index < -0.39 is 5.97 Å². The highest BCUT2D eigenvalue weighted by molar-refractivity contribution is 5.94. The first-order chi connectivity index (χ1) is 22.1. The number of carbonyl (C=O) groups excluding carboxylic acids is 2. The van der Waals surface area contributed by atoms with Crippen LogP contribution < -0.4 is 9.47 Å². The van der Waals surface area contributed by atoms with Crippen molar-refractivity contribution >= 4 is 11.9 Å². The standard InChI is InChI=1S/C40H52O5/c1-3-5-7-8-9-10-11-12-29-43-36-25-21-32(22-26-36)33-23-27-37(28-24-33)44-39(41)34-17-19-35(20-18-34)40(42)45-38-16-13-15-31(30-38)14-6-4-2/h17-28,31,38H,3-16,29-30H2,1-2H3/t31-,38-/m1/s1. The summed E-state index contributed by atoms with van der Waals surface area (Å²) in [5, 5.41) is 0. The van der Waals surface area contributed by atoms with Crippen LogP contribution in [0.2, 0.25) is 0 Å². The minimum Gasteiger partial charge on any atom is -0.494 e. The Morgan fingerprint density at radius 2 is 1.18 bits per heavy atom. The maximum Gasteiger partial charge on any atom is 0.343 e. The van der Waals surface area contributed by atoms with Crippen molar-refractivity contribution in [1.82, 2.24) is 0 Å². The fourth-order valence-electron chi connectivity index (χ4n) is 6.12. The molecule has 45 heavy (non-hydrogen) atoms. The topological polar surface area (TPSA) is 61.8 Å². The van der Waals surface area contributed by atoms with E-state index in [1.807, 2.05) is 24.3 Å². The maximum absolute atomic E-state index is 12.8. The van der Waals surface area contributed by atoms with Gasteiger partial charge in [-0.05, 0) is 91.3 Å². The fourth-order valence-corrected chi connectivity index (χ4v) is 6.12. The van der Waals surface area contributed by atoms with Crippen molar-refractivity contribution in [3.8, 4) is 22.6 Å². The first kappa shape index (κ1) is 34.3. The van der Waals surface area contributed by atoms with Crippen molar-refractivity contribution in [3.05, 3.63) is 83.9 Å². The Balaban J connectivity index is 1.19. The summed E-state index contributed by atoms with van der Waals surface area (Å²) in [4.78, 5) is 25.5. The minimum absolute atomic E-state index is 0.0171. The SMILES string of the molecule is CCCCCCCCCCOc1ccc(-c2ccc(OC(=O)c3ccc(C(=O)O[C@@H]4CCC[C@@H](CCCC)C4)cc3)cc2)cc1. The van der Waals surface area contributed by atoms with E-state index in [0.717, 1.165) is 49.2 Å². The molecule has 1 fully saturated rings. The van der Waals surface area contributed by atoms with Crippen LogP contribution in [0.3, 0.4) is 0 Å². The number of benzene rings is 3. The normalized spacial score (nSPS) is 16.2. The molecular formula is C40H52O5. The lowest BCUT2D eigenvalue weighted by Crippen LogP contribution is -2.25. The second kappa shape index (κ2) is 19.0. The Kier molecular flexibility index (Phi) is 14.5. The van der Waals surface area contributed by atoms with Gasteiger partial charge in [0.05, 0.1) is 17.7 Å². The van der Waals surface area contributed by atoms with Crippen molar-refractivity contribution < 1.29 is 23.8 Å². The lowest BCUT2D eigenvalue weighted by atomic mass is 9.84. The number of hydrogen-bond acceptors (Lipinski definition) is 5. The smallest absolute Gasteiger partial charge is 0.343 e. The summed E-state index contributed by atoms with van der Waals surface area (Å²) < 4.78 is 17.3. The molecule has 3 aromatic rings. The van der Waals surface area contributed by atoms with E-state index in [1.54, 1.807) is 36.4 Å². The van der Waals surface area contributed by atoms with Crippen LogP contribution in [0.25, 0.3) is 11.1 Å². The van der Waals surface area contributed by atoms with Gasteiger partial charge < -0.3 is 14.2 Å². The number of hydrogen-bond donors (Lipinski definition) is 0. The van der Waals surface area contributed by atoms with E-state index in [2.05, 4.69) is 26.0 Å². The number of esters is 2. The average molecular weight is 613 g/mol. The molecule has 0 saturated heterocycles. The molecule has 0 aliphatic heterocycles. The summed E-state index contributed by atoms with van der Waals surface area (Å²) in [5.41, 5.74) is 2.94. The molecule has 0 heterocycles. The van der Waals surface area contributed by atoms with E-state index in [-0.39, 0.29) is 12.1 Å². The molecule has 4 rings (SSSR count). The summed E-state index contributed by atoms with van der Waals surface area (Å²) in [6.45, 7) is 5.22. The molecule has 0 spiro atoms. The lowest BCUT2D eigenvalue weighted by molar-refractivity contribution is 0.0135. The predicted molar refractivity (Wildman–Crippen MR) is 182 cm³/mol. The summed E-state index contributed by atoms with van der Waals surface area (Å²) in [5.74, 6) is 1.21. The van der Waals surface area contributed by atoms with Crippen molar-refractivity contribution in [1.29, 1.82) is 0 Å². The van der Waals surface area contributed by atoms with E-state index in [1.165, 1.54) is 70.6 Å². The third-order valence-electron chi connectivity index (χ3n) is 8.85. The quantitative estimate of drug-likeness (QED) is 0.0812. The van der Waals surface area contributed by atoms with Crippen molar-refractivity contribution in [2.24, 2.45) is 5.92 Å². The Hall–Kier alpha value is -3.60. The fraction of sp³-hybridized carbons (Fsp3) is 0.500. The second-order valence-corrected chi connectivity index (χ2v) is 12.5. The lowest BCUT2D eigenvalue weighted by Gasteiger charge is -2.29. The third-order valence-corrected chi connectivity index (χ3v) is 8.85. The number of carbonyl (C=O) groups is 2. The molecule has 2 atom stereocenters. The Morgan fingerprint density at radius 1 is 0.622 bits per heavy atom. The molecule has 0 bridgehead atoms. The van der Waals surface area contributed by atoms with Gasteiger partial charge in [-0.25, -0.2) is 9.59 Å². The van der Waals surface area contributed by atoms with Gasteiger partial charge in [-0.15, -0.1) is 0 Å². The molecule has 0 radical (unpaired) electrons. The Bertz CT molecular complexity index is 1280. The van der Waals surface area contributed by atoms with Gasteiger partial charge in [0.25, 0.3) is 0 Å². The van der Waals surface area contributed by atoms with Crippen LogP contribution in [0.1, 0.15) is 131 Å². The summed E-state index contributed by atoms with van der Waals surface area (Å²) in [7, 11) is 0. The zero-order valence-corrected chi connectivity index (χ0v) is 27.4. The molecule has 0 amide bonds. The van der Waals surface area contributed by atoms with Gasteiger partial charge in [-0.2, -0.15) is 0 Å². The largest absolute Gasteiger partial charge is 0.494 e. The molecule has 1 aliphatic carbocycles. The molecule has 242 valence electrons. The summed E-state index contributed by atoms with van der Waals surface area (Å²) in [6, 6.07) is 22.1.